The molecule has 31 heavy (non-hydrogen) atoms. The van der Waals surface area contributed by atoms with E-state index in [-0.39, 0.29) is 18.1 Å². The lowest BCUT2D eigenvalue weighted by Gasteiger charge is -2.16. The standard InChI is InChI=1S/C22H20FN3O4S/c23-17-9-13(24-22(30)26-6-5-14(27)10-26)3-4-15(17)20-25-19-16(11-1-2-11)7-12(21(28)29)8-18(19)31-20/h3-4,7-9,11,14,27H,1-2,5-6,10H2,(H,24,30)(H,28,29)/t14-/m1/s1. The van der Waals surface area contributed by atoms with Crippen LogP contribution in [-0.2, 0) is 0 Å². The number of fused-ring (bicyclic) bond motifs is 1. The Morgan fingerprint density at radius 1 is 1.19 bits per heavy atom. The molecule has 9 heteroatoms. The molecule has 1 saturated heterocycles. The minimum atomic E-state index is -0.990. The third-order valence-corrected chi connectivity index (χ3v) is 6.73. The lowest BCUT2D eigenvalue weighted by atomic mass is 10.1. The second kappa shape index (κ2) is 7.58. The van der Waals surface area contributed by atoms with E-state index in [4.69, 9.17) is 0 Å². The van der Waals surface area contributed by atoms with E-state index in [1.165, 1.54) is 22.3 Å². The fourth-order valence-corrected chi connectivity index (χ4v) is 4.96. The fourth-order valence-electron chi connectivity index (χ4n) is 3.89. The first-order chi connectivity index (χ1) is 14.9. The molecule has 2 heterocycles. The van der Waals surface area contributed by atoms with Gasteiger partial charge in [-0.15, -0.1) is 11.3 Å². The molecule has 0 spiro atoms. The number of hydrogen-bond donors (Lipinski definition) is 3. The lowest BCUT2D eigenvalue weighted by molar-refractivity contribution is 0.0697. The number of aliphatic hydroxyl groups excluding tert-OH is 1. The van der Waals surface area contributed by atoms with Crippen molar-refractivity contribution in [1.29, 1.82) is 0 Å². The van der Waals surface area contributed by atoms with Crippen molar-refractivity contribution in [3.63, 3.8) is 0 Å². The highest BCUT2D eigenvalue weighted by Gasteiger charge is 2.29. The number of carbonyl (C=O) groups excluding carboxylic acids is 1. The van der Waals surface area contributed by atoms with Crippen molar-refractivity contribution in [1.82, 2.24) is 9.88 Å². The first-order valence-electron chi connectivity index (χ1n) is 10.1. The smallest absolute Gasteiger partial charge is 0.335 e. The van der Waals surface area contributed by atoms with Gasteiger partial charge in [0.15, 0.2) is 0 Å². The number of β-amino-alcohol motifs (C(OH)–C–C–N with tert-alkyl or cyclic N) is 1. The Morgan fingerprint density at radius 2 is 2.00 bits per heavy atom. The van der Waals surface area contributed by atoms with Crippen LogP contribution in [0.15, 0.2) is 30.3 Å². The predicted molar refractivity (Wildman–Crippen MR) is 115 cm³/mol. The molecule has 1 aromatic heterocycles. The number of benzene rings is 2. The molecule has 1 saturated carbocycles. The quantitative estimate of drug-likeness (QED) is 0.561. The Morgan fingerprint density at radius 3 is 2.65 bits per heavy atom. The normalized spacial score (nSPS) is 18.5. The molecule has 0 radical (unpaired) electrons. The molecule has 160 valence electrons. The van der Waals surface area contributed by atoms with Gasteiger partial charge in [-0.1, -0.05) is 0 Å². The average Bonchev–Trinajstić information content (AvgIpc) is 3.33. The minimum absolute atomic E-state index is 0.218. The van der Waals surface area contributed by atoms with Crippen LogP contribution in [0.4, 0.5) is 14.9 Å². The minimum Gasteiger partial charge on any atom is -0.478 e. The molecule has 0 unspecified atom stereocenters. The third kappa shape index (κ3) is 3.86. The number of halogens is 1. The van der Waals surface area contributed by atoms with Crippen LogP contribution >= 0.6 is 11.3 Å². The van der Waals surface area contributed by atoms with Crippen LogP contribution in [0, 0.1) is 5.82 Å². The molecule has 0 bridgehead atoms. The fraction of sp³-hybridized carbons (Fsp3) is 0.318. The van der Waals surface area contributed by atoms with Crippen molar-refractivity contribution < 1.29 is 24.2 Å². The summed E-state index contributed by atoms with van der Waals surface area (Å²) in [6.07, 6.45) is 2.01. The first-order valence-corrected chi connectivity index (χ1v) is 10.9. The summed E-state index contributed by atoms with van der Waals surface area (Å²) in [4.78, 5) is 29.9. The van der Waals surface area contributed by atoms with Crippen LogP contribution in [-0.4, -0.2) is 51.3 Å². The number of aromatic carboxylic acids is 1. The number of nitrogens with one attached hydrogen (secondary N) is 1. The Bertz CT molecular complexity index is 1210. The number of nitrogens with zero attached hydrogens (tertiary/aromatic N) is 2. The van der Waals surface area contributed by atoms with Gasteiger partial charge in [0.05, 0.1) is 21.9 Å². The van der Waals surface area contributed by atoms with Gasteiger partial charge < -0.3 is 20.4 Å². The summed E-state index contributed by atoms with van der Waals surface area (Å²) in [5.74, 6) is -1.21. The van der Waals surface area contributed by atoms with E-state index < -0.39 is 17.9 Å². The number of carboxylic acids is 1. The van der Waals surface area contributed by atoms with Crippen molar-refractivity contribution in [2.45, 2.75) is 31.3 Å². The zero-order chi connectivity index (χ0) is 21.7. The number of aromatic nitrogens is 1. The van der Waals surface area contributed by atoms with E-state index in [0.717, 1.165) is 28.6 Å². The van der Waals surface area contributed by atoms with E-state index >= 15 is 0 Å². The first kappa shape index (κ1) is 19.9. The summed E-state index contributed by atoms with van der Waals surface area (Å²) in [7, 11) is 0. The van der Waals surface area contributed by atoms with E-state index in [2.05, 4.69) is 10.3 Å². The highest BCUT2D eigenvalue weighted by molar-refractivity contribution is 7.21. The largest absolute Gasteiger partial charge is 0.478 e. The zero-order valence-electron chi connectivity index (χ0n) is 16.5. The van der Waals surface area contributed by atoms with E-state index in [9.17, 15) is 24.2 Å². The molecule has 5 rings (SSSR count). The predicted octanol–water partition coefficient (Wildman–Crippen LogP) is 4.28. The van der Waals surface area contributed by atoms with Crippen LogP contribution in [0.1, 0.15) is 41.1 Å². The molecular weight excluding hydrogens is 421 g/mol. The Balaban J connectivity index is 1.44. The highest BCUT2D eigenvalue weighted by Crippen LogP contribution is 2.45. The number of urea groups is 1. The number of likely N-dealkylation sites (tertiary alicyclic amines) is 1. The van der Waals surface area contributed by atoms with Crippen molar-refractivity contribution in [3.8, 4) is 10.6 Å². The van der Waals surface area contributed by atoms with Crippen LogP contribution < -0.4 is 5.32 Å². The lowest BCUT2D eigenvalue weighted by Crippen LogP contribution is -2.33. The zero-order valence-corrected chi connectivity index (χ0v) is 17.3. The van der Waals surface area contributed by atoms with Crippen LogP contribution in [0.2, 0.25) is 0 Å². The average molecular weight is 441 g/mol. The van der Waals surface area contributed by atoms with Crippen molar-refractivity contribution in [3.05, 3.63) is 47.3 Å². The third-order valence-electron chi connectivity index (χ3n) is 5.69. The molecular formula is C22H20FN3O4S. The number of hydrogen-bond acceptors (Lipinski definition) is 5. The maximum absolute atomic E-state index is 14.9. The van der Waals surface area contributed by atoms with Gasteiger partial charge in [0, 0.05) is 24.3 Å². The number of aliphatic hydroxyl groups is 1. The molecule has 2 fully saturated rings. The number of thiazole rings is 1. The Kier molecular flexibility index (Phi) is 4.86. The second-order valence-electron chi connectivity index (χ2n) is 8.02. The maximum atomic E-state index is 14.9. The van der Waals surface area contributed by atoms with Gasteiger partial charge in [-0.3, -0.25) is 0 Å². The molecule has 2 amide bonds. The van der Waals surface area contributed by atoms with Crippen molar-refractivity contribution >= 4 is 39.2 Å². The number of amides is 2. The monoisotopic (exact) mass is 441 g/mol. The molecule has 1 aliphatic heterocycles. The van der Waals surface area contributed by atoms with Gasteiger partial charge in [-0.2, -0.15) is 0 Å². The van der Waals surface area contributed by atoms with Crippen LogP contribution in [0.3, 0.4) is 0 Å². The van der Waals surface area contributed by atoms with Crippen LogP contribution in [0.5, 0.6) is 0 Å². The maximum Gasteiger partial charge on any atom is 0.335 e. The van der Waals surface area contributed by atoms with Gasteiger partial charge in [0.25, 0.3) is 0 Å². The van der Waals surface area contributed by atoms with Gasteiger partial charge in [0.2, 0.25) is 0 Å². The molecule has 7 nitrogen and oxygen atoms in total. The van der Waals surface area contributed by atoms with E-state index in [1.807, 2.05) is 0 Å². The van der Waals surface area contributed by atoms with Gasteiger partial charge in [-0.25, -0.2) is 19.0 Å². The summed E-state index contributed by atoms with van der Waals surface area (Å²) < 4.78 is 15.6. The van der Waals surface area contributed by atoms with Crippen molar-refractivity contribution in [2.24, 2.45) is 0 Å². The Labute approximate surface area is 181 Å². The topological polar surface area (TPSA) is 103 Å². The van der Waals surface area contributed by atoms with Gasteiger partial charge in [0.1, 0.15) is 10.8 Å². The molecule has 3 N–H and O–H groups in total. The highest BCUT2D eigenvalue weighted by atomic mass is 32.1. The number of anilines is 1. The van der Waals surface area contributed by atoms with Crippen LogP contribution in [0.25, 0.3) is 20.8 Å². The summed E-state index contributed by atoms with van der Waals surface area (Å²) >= 11 is 1.26. The summed E-state index contributed by atoms with van der Waals surface area (Å²) in [6.45, 7) is 0.723. The van der Waals surface area contributed by atoms with Gasteiger partial charge >= 0.3 is 12.0 Å². The summed E-state index contributed by atoms with van der Waals surface area (Å²) in [5, 5.41) is 22.1. The van der Waals surface area contributed by atoms with Crippen molar-refractivity contribution in [2.75, 3.05) is 18.4 Å². The summed E-state index contributed by atoms with van der Waals surface area (Å²) in [6, 6.07) is 7.31. The molecule has 1 aliphatic carbocycles. The number of carbonyl (C=O) groups is 2. The SMILES string of the molecule is O=C(O)c1cc(C2CC2)c2nc(-c3ccc(NC(=O)N4CC[C@@H](O)C4)cc3F)sc2c1. The molecule has 3 aromatic rings. The molecule has 2 aliphatic rings. The number of carboxylic acid groups (broad SMARTS) is 1. The Hall–Kier alpha value is -3.04. The van der Waals surface area contributed by atoms with Gasteiger partial charge in [-0.05, 0) is 61.1 Å². The second-order valence-corrected chi connectivity index (χ2v) is 9.05. The van der Waals surface area contributed by atoms with E-state index in [0.29, 0.717) is 35.1 Å². The van der Waals surface area contributed by atoms with E-state index in [1.54, 1.807) is 24.3 Å². The number of rotatable bonds is 4. The summed E-state index contributed by atoms with van der Waals surface area (Å²) in [5.41, 5.74) is 2.48. The molecule has 2 aromatic carbocycles. The molecule has 1 atom stereocenters.